The predicted octanol–water partition coefficient (Wildman–Crippen LogP) is 2.28. The molecule has 0 bridgehead atoms. The maximum atomic E-state index is 13.1. The number of hydrogen-bond acceptors (Lipinski definition) is 4. The lowest BCUT2D eigenvalue weighted by Crippen LogP contribution is -2.56. The summed E-state index contributed by atoms with van der Waals surface area (Å²) in [5, 5.41) is 3.28. The first kappa shape index (κ1) is 21.1. The topological polar surface area (TPSA) is 61.9 Å². The van der Waals surface area contributed by atoms with Gasteiger partial charge >= 0.3 is 0 Å². The molecule has 2 aliphatic rings. The lowest BCUT2D eigenvalue weighted by molar-refractivity contribution is -0.136. The summed E-state index contributed by atoms with van der Waals surface area (Å²) in [4.78, 5) is 30.0. The minimum atomic E-state index is -0.557. The van der Waals surface area contributed by atoms with E-state index in [0.717, 1.165) is 39.3 Å². The number of amides is 2. The van der Waals surface area contributed by atoms with Gasteiger partial charge in [0, 0.05) is 39.3 Å². The molecule has 2 aliphatic heterocycles. The number of piperazine rings is 1. The third-order valence-corrected chi connectivity index (χ3v) is 5.89. The van der Waals surface area contributed by atoms with E-state index < -0.39 is 6.04 Å². The molecule has 0 spiro atoms. The zero-order valence-corrected chi connectivity index (χ0v) is 17.5. The molecule has 2 heterocycles. The number of carbonyl (C=O) groups excluding carboxylic acids is 2. The molecule has 2 fully saturated rings. The minimum absolute atomic E-state index is 0.00685. The van der Waals surface area contributed by atoms with E-state index in [4.69, 9.17) is 16.3 Å². The molecule has 0 aliphatic carbocycles. The number of benzene rings is 1. The van der Waals surface area contributed by atoms with Gasteiger partial charge in [-0.25, -0.2) is 0 Å². The highest BCUT2D eigenvalue weighted by molar-refractivity contribution is 6.33. The Bertz CT molecular complexity index is 683. The van der Waals surface area contributed by atoms with Crippen LogP contribution >= 0.6 is 11.6 Å². The van der Waals surface area contributed by atoms with Gasteiger partial charge in [-0.3, -0.25) is 14.5 Å². The molecule has 3 rings (SSSR count). The van der Waals surface area contributed by atoms with Gasteiger partial charge in [-0.05, 0) is 30.4 Å². The van der Waals surface area contributed by atoms with Crippen molar-refractivity contribution in [2.75, 3.05) is 45.9 Å². The van der Waals surface area contributed by atoms with E-state index in [-0.39, 0.29) is 17.7 Å². The van der Waals surface area contributed by atoms with Gasteiger partial charge in [0.25, 0.3) is 5.91 Å². The van der Waals surface area contributed by atoms with Crippen LogP contribution in [0.5, 0.6) is 0 Å². The lowest BCUT2D eigenvalue weighted by atomic mass is 10.0. The SMILES string of the molecule is CC(C)[C@@H](NC(=O)c1ccccc1Cl)C(=O)N1CCN(C[C@@H]2CCOC2)CC1. The maximum Gasteiger partial charge on any atom is 0.253 e. The van der Waals surface area contributed by atoms with E-state index in [9.17, 15) is 9.59 Å². The summed E-state index contributed by atoms with van der Waals surface area (Å²) in [5.41, 5.74) is 0.395. The molecule has 1 aromatic rings. The number of ether oxygens (including phenoxy) is 1. The average molecular weight is 408 g/mol. The number of rotatable bonds is 6. The van der Waals surface area contributed by atoms with Crippen molar-refractivity contribution in [1.29, 1.82) is 0 Å². The Labute approximate surface area is 172 Å². The van der Waals surface area contributed by atoms with E-state index in [1.54, 1.807) is 24.3 Å². The second-order valence-corrected chi connectivity index (χ2v) is 8.44. The van der Waals surface area contributed by atoms with Gasteiger partial charge in [-0.15, -0.1) is 0 Å². The van der Waals surface area contributed by atoms with Crippen LogP contribution in [0.4, 0.5) is 0 Å². The summed E-state index contributed by atoms with van der Waals surface area (Å²) in [6.07, 6.45) is 1.13. The van der Waals surface area contributed by atoms with Crippen molar-refractivity contribution in [2.24, 2.45) is 11.8 Å². The van der Waals surface area contributed by atoms with Gasteiger partial charge in [0.1, 0.15) is 6.04 Å². The van der Waals surface area contributed by atoms with Crippen molar-refractivity contribution in [1.82, 2.24) is 15.1 Å². The lowest BCUT2D eigenvalue weighted by Gasteiger charge is -2.38. The molecule has 0 radical (unpaired) electrons. The Kier molecular flexibility index (Phi) is 7.32. The molecule has 2 saturated heterocycles. The normalized spacial score (nSPS) is 21.7. The van der Waals surface area contributed by atoms with Gasteiger partial charge in [-0.1, -0.05) is 37.6 Å². The first-order valence-corrected chi connectivity index (χ1v) is 10.5. The zero-order chi connectivity index (χ0) is 20.1. The van der Waals surface area contributed by atoms with Crippen LogP contribution in [-0.4, -0.2) is 73.6 Å². The van der Waals surface area contributed by atoms with E-state index >= 15 is 0 Å². The standard InChI is InChI=1S/C21H30ClN3O3/c1-15(2)19(23-20(26)17-5-3-4-6-18(17)22)21(27)25-10-8-24(9-11-25)13-16-7-12-28-14-16/h3-6,15-16,19H,7-14H2,1-2H3,(H,23,26)/t16-,19+/m0/s1. The molecular formula is C21H30ClN3O3. The van der Waals surface area contributed by atoms with Crippen LogP contribution in [0.1, 0.15) is 30.6 Å². The summed E-state index contributed by atoms with van der Waals surface area (Å²) in [7, 11) is 0. The van der Waals surface area contributed by atoms with Crippen LogP contribution in [0.2, 0.25) is 5.02 Å². The minimum Gasteiger partial charge on any atom is -0.381 e. The fourth-order valence-corrected chi connectivity index (χ4v) is 4.04. The fourth-order valence-electron chi connectivity index (χ4n) is 3.82. The van der Waals surface area contributed by atoms with Crippen molar-refractivity contribution >= 4 is 23.4 Å². The first-order valence-electron chi connectivity index (χ1n) is 10.1. The molecular weight excluding hydrogens is 378 g/mol. The second kappa shape index (κ2) is 9.72. The highest BCUT2D eigenvalue weighted by atomic mass is 35.5. The van der Waals surface area contributed by atoms with E-state index in [2.05, 4.69) is 10.2 Å². The van der Waals surface area contributed by atoms with Crippen molar-refractivity contribution in [3.63, 3.8) is 0 Å². The molecule has 0 unspecified atom stereocenters. The third kappa shape index (κ3) is 5.25. The summed E-state index contributed by atoms with van der Waals surface area (Å²) in [5.74, 6) is 0.282. The first-order chi connectivity index (χ1) is 13.5. The molecule has 2 amide bonds. The van der Waals surface area contributed by atoms with Crippen LogP contribution in [0.25, 0.3) is 0 Å². The number of nitrogens with one attached hydrogen (secondary N) is 1. The van der Waals surface area contributed by atoms with E-state index in [1.807, 2.05) is 18.7 Å². The number of halogens is 1. The highest BCUT2D eigenvalue weighted by Crippen LogP contribution is 2.18. The Morgan fingerprint density at radius 3 is 2.54 bits per heavy atom. The number of hydrogen-bond donors (Lipinski definition) is 1. The number of nitrogens with zero attached hydrogens (tertiary/aromatic N) is 2. The molecule has 6 nitrogen and oxygen atoms in total. The zero-order valence-electron chi connectivity index (χ0n) is 16.7. The van der Waals surface area contributed by atoms with Crippen molar-refractivity contribution in [2.45, 2.75) is 26.3 Å². The monoisotopic (exact) mass is 407 g/mol. The average Bonchev–Trinajstić information content (AvgIpc) is 3.19. The van der Waals surface area contributed by atoms with Crippen LogP contribution in [0, 0.1) is 11.8 Å². The molecule has 154 valence electrons. The Morgan fingerprint density at radius 1 is 1.21 bits per heavy atom. The van der Waals surface area contributed by atoms with Crippen LogP contribution in [0.3, 0.4) is 0 Å². The van der Waals surface area contributed by atoms with Crippen LogP contribution in [-0.2, 0) is 9.53 Å². The fraction of sp³-hybridized carbons (Fsp3) is 0.619. The smallest absolute Gasteiger partial charge is 0.253 e. The number of carbonyl (C=O) groups is 2. The van der Waals surface area contributed by atoms with Crippen molar-refractivity contribution in [3.8, 4) is 0 Å². The van der Waals surface area contributed by atoms with Gasteiger partial charge < -0.3 is 15.0 Å². The summed E-state index contributed by atoms with van der Waals surface area (Å²) in [6, 6.07) is 6.34. The van der Waals surface area contributed by atoms with E-state index in [0.29, 0.717) is 29.6 Å². The van der Waals surface area contributed by atoms with Crippen molar-refractivity contribution < 1.29 is 14.3 Å². The van der Waals surface area contributed by atoms with Gasteiger partial charge in [0.15, 0.2) is 0 Å². The molecule has 1 N–H and O–H groups in total. The van der Waals surface area contributed by atoms with E-state index in [1.165, 1.54) is 0 Å². The Balaban J connectivity index is 1.56. The molecule has 1 aromatic carbocycles. The van der Waals surface area contributed by atoms with Crippen LogP contribution < -0.4 is 5.32 Å². The molecule has 2 atom stereocenters. The van der Waals surface area contributed by atoms with Gasteiger partial charge in [-0.2, -0.15) is 0 Å². The predicted molar refractivity (Wildman–Crippen MR) is 109 cm³/mol. The second-order valence-electron chi connectivity index (χ2n) is 8.03. The summed E-state index contributed by atoms with van der Waals surface area (Å²) in [6.45, 7) is 9.77. The largest absolute Gasteiger partial charge is 0.381 e. The highest BCUT2D eigenvalue weighted by Gasteiger charge is 2.32. The summed E-state index contributed by atoms with van der Waals surface area (Å²) >= 11 is 6.13. The molecule has 0 aromatic heterocycles. The summed E-state index contributed by atoms with van der Waals surface area (Å²) < 4.78 is 5.46. The molecule has 0 saturated carbocycles. The Hall–Kier alpha value is -1.63. The third-order valence-electron chi connectivity index (χ3n) is 5.56. The molecule has 7 heteroatoms. The van der Waals surface area contributed by atoms with Crippen LogP contribution in [0.15, 0.2) is 24.3 Å². The quantitative estimate of drug-likeness (QED) is 0.785. The van der Waals surface area contributed by atoms with Crippen molar-refractivity contribution in [3.05, 3.63) is 34.9 Å². The van der Waals surface area contributed by atoms with Gasteiger partial charge in [0.05, 0.1) is 17.2 Å². The maximum absolute atomic E-state index is 13.1. The molecule has 28 heavy (non-hydrogen) atoms. The Morgan fingerprint density at radius 2 is 1.93 bits per heavy atom. The van der Waals surface area contributed by atoms with Gasteiger partial charge in [0.2, 0.25) is 5.91 Å².